The van der Waals surface area contributed by atoms with E-state index in [0.29, 0.717) is 17.9 Å². The molecule has 1 aromatic carbocycles. The molecule has 0 aliphatic heterocycles. The van der Waals surface area contributed by atoms with Crippen LogP contribution in [0.5, 0.6) is 0 Å². The Balaban J connectivity index is 2.67. The van der Waals surface area contributed by atoms with E-state index in [1.165, 1.54) is 0 Å². The van der Waals surface area contributed by atoms with Crippen LogP contribution in [0.4, 0.5) is 0 Å². The average Bonchev–Trinajstić information content (AvgIpc) is 2.72. The van der Waals surface area contributed by atoms with Crippen LogP contribution in [-0.2, 0) is 6.42 Å². The van der Waals surface area contributed by atoms with Crippen LogP contribution < -0.4 is 0 Å². The van der Waals surface area contributed by atoms with E-state index in [1.54, 1.807) is 0 Å². The van der Waals surface area contributed by atoms with Gasteiger partial charge in [0, 0.05) is 12.0 Å². The van der Waals surface area contributed by atoms with Gasteiger partial charge < -0.3 is 9.63 Å². The number of carboxylic acids is 1. The Morgan fingerprint density at radius 3 is 2.35 bits per heavy atom. The summed E-state index contributed by atoms with van der Waals surface area (Å²) in [5, 5.41) is 13.5. The second-order valence-corrected chi connectivity index (χ2v) is 5.16. The molecule has 1 aromatic heterocycles. The van der Waals surface area contributed by atoms with Crippen molar-refractivity contribution in [1.29, 1.82) is 0 Å². The highest BCUT2D eigenvalue weighted by atomic mass is 16.5. The zero-order valence-corrected chi connectivity index (χ0v) is 12.3. The number of aromatic nitrogens is 1. The molecule has 0 saturated carbocycles. The molecule has 1 heterocycles. The average molecular weight is 273 g/mol. The summed E-state index contributed by atoms with van der Waals surface area (Å²) in [6.07, 6.45) is 1.40. The highest BCUT2D eigenvalue weighted by Crippen LogP contribution is 2.32. The van der Waals surface area contributed by atoms with Crippen LogP contribution in [0.1, 0.15) is 46.2 Å². The van der Waals surface area contributed by atoms with Gasteiger partial charge in [0.15, 0.2) is 5.76 Å². The van der Waals surface area contributed by atoms with E-state index in [4.69, 9.17) is 4.52 Å². The van der Waals surface area contributed by atoms with E-state index in [9.17, 15) is 9.90 Å². The van der Waals surface area contributed by atoms with Gasteiger partial charge in [-0.15, -0.1) is 0 Å². The van der Waals surface area contributed by atoms with Gasteiger partial charge in [0.05, 0.1) is 0 Å². The van der Waals surface area contributed by atoms with Crippen molar-refractivity contribution in [2.75, 3.05) is 0 Å². The minimum atomic E-state index is -0.982. The third-order valence-electron chi connectivity index (χ3n) is 3.37. The Morgan fingerprint density at radius 2 is 1.85 bits per heavy atom. The van der Waals surface area contributed by atoms with Crippen molar-refractivity contribution < 1.29 is 14.4 Å². The number of hydrogen-bond acceptors (Lipinski definition) is 3. The van der Waals surface area contributed by atoms with Gasteiger partial charge in [-0.25, -0.2) is 4.79 Å². The van der Waals surface area contributed by atoms with Crippen LogP contribution in [0.2, 0.25) is 0 Å². The molecule has 4 heteroatoms. The largest absolute Gasteiger partial charge is 0.477 e. The summed E-state index contributed by atoms with van der Waals surface area (Å²) in [6, 6.07) is 4.06. The van der Waals surface area contributed by atoms with Crippen molar-refractivity contribution in [2.24, 2.45) is 0 Å². The second-order valence-electron chi connectivity index (χ2n) is 5.16. The summed E-state index contributed by atoms with van der Waals surface area (Å²) in [6.45, 7) is 7.94. The lowest BCUT2D eigenvalue weighted by molar-refractivity contribution is 0.0695. The van der Waals surface area contributed by atoms with E-state index >= 15 is 0 Å². The predicted molar refractivity (Wildman–Crippen MR) is 77.1 cm³/mol. The lowest BCUT2D eigenvalue weighted by Crippen LogP contribution is -2.03. The first kappa shape index (κ1) is 14.3. The van der Waals surface area contributed by atoms with E-state index < -0.39 is 5.97 Å². The molecule has 0 amide bonds. The van der Waals surface area contributed by atoms with E-state index in [2.05, 4.69) is 5.16 Å². The van der Waals surface area contributed by atoms with Gasteiger partial charge in [0.25, 0.3) is 0 Å². The summed E-state index contributed by atoms with van der Waals surface area (Å²) >= 11 is 0. The minimum absolute atomic E-state index is 0.196. The van der Waals surface area contributed by atoms with Gasteiger partial charge >= 0.3 is 5.97 Å². The van der Waals surface area contributed by atoms with Crippen LogP contribution in [0.15, 0.2) is 16.7 Å². The highest BCUT2D eigenvalue weighted by molar-refractivity contribution is 5.96. The molecule has 0 fully saturated rings. The zero-order chi connectivity index (χ0) is 14.9. The van der Waals surface area contributed by atoms with Gasteiger partial charge in [0.2, 0.25) is 0 Å². The Bertz CT molecular complexity index is 633. The molecule has 1 N–H and O–H groups in total. The monoisotopic (exact) mass is 273 g/mol. The van der Waals surface area contributed by atoms with E-state index in [0.717, 1.165) is 28.7 Å². The van der Waals surface area contributed by atoms with Crippen LogP contribution in [0.25, 0.3) is 11.3 Å². The summed E-state index contributed by atoms with van der Waals surface area (Å²) in [5.74, 6) is -0.529. The van der Waals surface area contributed by atoms with Crippen LogP contribution in [-0.4, -0.2) is 16.2 Å². The highest BCUT2D eigenvalue weighted by Gasteiger charge is 2.24. The third-order valence-corrected chi connectivity index (χ3v) is 3.37. The number of benzene rings is 1. The van der Waals surface area contributed by atoms with Gasteiger partial charge in [0.1, 0.15) is 11.3 Å². The molecule has 106 valence electrons. The zero-order valence-electron chi connectivity index (χ0n) is 12.3. The minimum Gasteiger partial charge on any atom is -0.477 e. The molecule has 0 unspecified atom stereocenters. The topological polar surface area (TPSA) is 63.3 Å². The molecule has 0 saturated heterocycles. The van der Waals surface area contributed by atoms with E-state index in [1.807, 2.05) is 39.8 Å². The van der Waals surface area contributed by atoms with Gasteiger partial charge in [-0.3, -0.25) is 0 Å². The van der Waals surface area contributed by atoms with E-state index in [-0.39, 0.29) is 5.56 Å². The Kier molecular flexibility index (Phi) is 3.93. The third kappa shape index (κ3) is 2.46. The number of hydrogen-bond donors (Lipinski definition) is 1. The number of aromatic carboxylic acids is 1. The molecule has 0 atom stereocenters. The number of carbonyl (C=O) groups is 1. The Morgan fingerprint density at radius 1 is 1.25 bits per heavy atom. The van der Waals surface area contributed by atoms with Crippen LogP contribution >= 0.6 is 0 Å². The van der Waals surface area contributed by atoms with Crippen molar-refractivity contribution in [3.8, 4) is 11.3 Å². The van der Waals surface area contributed by atoms with Crippen molar-refractivity contribution in [3.05, 3.63) is 40.1 Å². The first-order chi connectivity index (χ1) is 9.45. The van der Waals surface area contributed by atoms with Gasteiger partial charge in [-0.05, 0) is 38.3 Å². The number of carboxylic acid groups (broad SMARTS) is 1. The quantitative estimate of drug-likeness (QED) is 0.917. The first-order valence-corrected chi connectivity index (χ1v) is 6.75. The van der Waals surface area contributed by atoms with Gasteiger partial charge in [-0.1, -0.05) is 29.8 Å². The maximum absolute atomic E-state index is 11.5. The predicted octanol–water partition coefficient (Wildman–Crippen LogP) is 3.92. The van der Waals surface area contributed by atoms with Gasteiger partial charge in [-0.2, -0.15) is 0 Å². The number of nitrogens with zero attached hydrogens (tertiary/aromatic N) is 1. The molecule has 2 rings (SSSR count). The summed E-state index contributed by atoms with van der Waals surface area (Å²) in [7, 11) is 0. The summed E-state index contributed by atoms with van der Waals surface area (Å²) in [4.78, 5) is 11.5. The molecule has 0 spiro atoms. The second kappa shape index (κ2) is 5.49. The molecule has 2 aromatic rings. The smallest absolute Gasteiger partial charge is 0.341 e. The fourth-order valence-corrected chi connectivity index (χ4v) is 2.67. The molecule has 20 heavy (non-hydrogen) atoms. The fraction of sp³-hybridized carbons (Fsp3) is 0.375. The Labute approximate surface area is 118 Å². The molecule has 0 radical (unpaired) electrons. The fourth-order valence-electron chi connectivity index (χ4n) is 2.67. The number of rotatable bonds is 4. The first-order valence-electron chi connectivity index (χ1n) is 6.75. The Hall–Kier alpha value is -2.10. The maximum Gasteiger partial charge on any atom is 0.341 e. The molecular formula is C16H19NO3. The standard InChI is InChI=1S/C16H19NO3/c1-5-6-12-14(16(18)19)15(17-20-12)13-10(3)7-9(2)8-11(13)4/h7-8H,5-6H2,1-4H3,(H,18,19). The molecule has 4 nitrogen and oxygen atoms in total. The SMILES string of the molecule is CCCc1onc(-c2c(C)cc(C)cc2C)c1C(=O)O. The molecule has 0 bridgehead atoms. The normalized spacial score (nSPS) is 10.8. The summed E-state index contributed by atoms with van der Waals surface area (Å²) in [5.41, 5.74) is 4.68. The van der Waals surface area contributed by atoms with Crippen LogP contribution in [0, 0.1) is 20.8 Å². The van der Waals surface area contributed by atoms with Crippen molar-refractivity contribution in [2.45, 2.75) is 40.5 Å². The van der Waals surface area contributed by atoms with Crippen LogP contribution in [0.3, 0.4) is 0 Å². The van der Waals surface area contributed by atoms with Crippen molar-refractivity contribution in [1.82, 2.24) is 5.16 Å². The van der Waals surface area contributed by atoms with Crippen molar-refractivity contribution in [3.63, 3.8) is 0 Å². The lowest BCUT2D eigenvalue weighted by Gasteiger charge is -2.09. The maximum atomic E-state index is 11.5. The lowest BCUT2D eigenvalue weighted by atomic mass is 9.94. The molecular weight excluding hydrogens is 254 g/mol. The number of aryl methyl sites for hydroxylation is 4. The van der Waals surface area contributed by atoms with Crippen molar-refractivity contribution >= 4 is 5.97 Å². The summed E-state index contributed by atoms with van der Waals surface area (Å²) < 4.78 is 5.26. The molecule has 0 aliphatic rings. The molecule has 0 aliphatic carbocycles.